The van der Waals surface area contributed by atoms with Gasteiger partial charge in [0.15, 0.2) is 14.7 Å². The molecule has 2 bridgehead atoms. The lowest BCUT2D eigenvalue weighted by Crippen LogP contribution is -2.34. The van der Waals surface area contributed by atoms with Gasteiger partial charge in [0.05, 0.1) is 10.9 Å². The molecule has 0 aromatic heterocycles. The van der Waals surface area contributed by atoms with E-state index in [1.807, 2.05) is 0 Å². The van der Waals surface area contributed by atoms with Gasteiger partial charge in [-0.3, -0.25) is 4.79 Å². The lowest BCUT2D eigenvalue weighted by molar-refractivity contribution is -0.129. The van der Waals surface area contributed by atoms with Crippen molar-refractivity contribution >= 4 is 16.7 Å². The van der Waals surface area contributed by atoms with Crippen molar-refractivity contribution in [3.05, 3.63) is 91.0 Å². The van der Waals surface area contributed by atoms with Gasteiger partial charge in [0.1, 0.15) is 5.78 Å². The molecular formula is C29H33OS+. The van der Waals surface area contributed by atoms with E-state index in [4.69, 9.17) is 0 Å². The van der Waals surface area contributed by atoms with Crippen molar-refractivity contribution < 1.29 is 4.79 Å². The minimum Gasteiger partial charge on any atom is -0.299 e. The summed E-state index contributed by atoms with van der Waals surface area (Å²) in [4.78, 5) is 15.9. The Labute approximate surface area is 190 Å². The van der Waals surface area contributed by atoms with Crippen LogP contribution in [0.15, 0.2) is 106 Å². The molecule has 0 heterocycles. The third-order valence-corrected chi connectivity index (χ3v) is 9.91. The molecule has 2 heteroatoms. The minimum atomic E-state index is -0.0146. The van der Waals surface area contributed by atoms with Crippen molar-refractivity contribution in [1.29, 1.82) is 0 Å². The fourth-order valence-corrected chi connectivity index (χ4v) is 7.78. The molecular weight excluding hydrogens is 396 g/mol. The Kier molecular flexibility index (Phi) is 6.39. The number of rotatable bonds is 4. The van der Waals surface area contributed by atoms with Gasteiger partial charge in [-0.1, -0.05) is 75.4 Å². The second kappa shape index (κ2) is 9.04. The number of carbonyl (C=O) groups is 1. The van der Waals surface area contributed by atoms with Gasteiger partial charge in [0.2, 0.25) is 0 Å². The maximum absolute atomic E-state index is 11.8. The standard InChI is InChI=1S/C18H15S.C11H18O/c1-4-10-16(11-5-1)19(17-12-6-2-7-13-17)18-14-8-3-9-15-18;1-4-11-6-5-8(7-9(11)12)10(11,2)3/h1-15H;8H,4-7H2,1-3H3/q+1;. The average Bonchev–Trinajstić information content (AvgIpc) is 3.17. The second-order valence-corrected chi connectivity index (χ2v) is 11.3. The van der Waals surface area contributed by atoms with Gasteiger partial charge >= 0.3 is 0 Å². The monoisotopic (exact) mass is 429 g/mol. The Morgan fingerprint density at radius 1 is 0.774 bits per heavy atom. The molecule has 2 atom stereocenters. The summed E-state index contributed by atoms with van der Waals surface area (Å²) in [6.45, 7) is 6.76. The lowest BCUT2D eigenvalue weighted by Gasteiger charge is -2.35. The summed E-state index contributed by atoms with van der Waals surface area (Å²) in [5.41, 5.74) is 0.358. The first-order chi connectivity index (χ1) is 15.0. The van der Waals surface area contributed by atoms with Crippen LogP contribution in [0.2, 0.25) is 0 Å². The molecule has 2 aliphatic rings. The molecule has 2 saturated carbocycles. The highest BCUT2D eigenvalue weighted by atomic mass is 32.2. The number of hydrogen-bond acceptors (Lipinski definition) is 1. The first-order valence-electron chi connectivity index (χ1n) is 11.4. The van der Waals surface area contributed by atoms with E-state index < -0.39 is 0 Å². The molecule has 0 aliphatic heterocycles. The van der Waals surface area contributed by atoms with Crippen molar-refractivity contribution in [1.82, 2.24) is 0 Å². The summed E-state index contributed by atoms with van der Waals surface area (Å²) in [6, 6.07) is 32.2. The molecule has 0 radical (unpaired) electrons. The van der Waals surface area contributed by atoms with E-state index in [-0.39, 0.29) is 16.3 Å². The zero-order valence-electron chi connectivity index (χ0n) is 18.9. The molecule has 0 saturated heterocycles. The summed E-state index contributed by atoms with van der Waals surface area (Å²) >= 11 is 0. The topological polar surface area (TPSA) is 17.1 Å². The SMILES string of the molecule is CCC12CCC(CC1=O)C2(C)C.c1ccc([S+](c2ccccc2)c2ccccc2)cc1. The van der Waals surface area contributed by atoms with Crippen LogP contribution >= 0.6 is 0 Å². The van der Waals surface area contributed by atoms with Gasteiger partial charge in [-0.05, 0) is 67.0 Å². The van der Waals surface area contributed by atoms with Crippen molar-refractivity contribution in [3.63, 3.8) is 0 Å². The molecule has 5 rings (SSSR count). The Morgan fingerprint density at radius 2 is 1.19 bits per heavy atom. The van der Waals surface area contributed by atoms with E-state index in [1.165, 1.54) is 21.1 Å². The van der Waals surface area contributed by atoms with E-state index in [9.17, 15) is 4.79 Å². The van der Waals surface area contributed by atoms with E-state index in [2.05, 4.69) is 112 Å². The zero-order chi connectivity index (χ0) is 21.9. The van der Waals surface area contributed by atoms with E-state index in [0.29, 0.717) is 17.1 Å². The summed E-state index contributed by atoms with van der Waals surface area (Å²) in [6.07, 6.45) is 4.35. The third kappa shape index (κ3) is 3.99. The Bertz CT molecular complexity index is 903. The molecule has 2 aliphatic carbocycles. The number of hydrogen-bond donors (Lipinski definition) is 0. The molecule has 2 fully saturated rings. The predicted octanol–water partition coefficient (Wildman–Crippen LogP) is 7.57. The van der Waals surface area contributed by atoms with Crippen LogP contribution in [0.25, 0.3) is 0 Å². The molecule has 160 valence electrons. The van der Waals surface area contributed by atoms with Crippen molar-refractivity contribution in [2.24, 2.45) is 16.7 Å². The zero-order valence-corrected chi connectivity index (χ0v) is 19.7. The normalized spacial score (nSPS) is 23.5. The van der Waals surface area contributed by atoms with Gasteiger partial charge in [-0.2, -0.15) is 0 Å². The molecule has 1 nitrogen and oxygen atoms in total. The smallest absolute Gasteiger partial charge is 0.166 e. The summed E-state index contributed by atoms with van der Waals surface area (Å²) in [7, 11) is -0.0146. The highest BCUT2D eigenvalue weighted by molar-refractivity contribution is 7.97. The first-order valence-corrected chi connectivity index (χ1v) is 12.6. The highest BCUT2D eigenvalue weighted by Crippen LogP contribution is 2.65. The van der Waals surface area contributed by atoms with Crippen molar-refractivity contribution in [3.8, 4) is 0 Å². The van der Waals surface area contributed by atoms with Crippen LogP contribution < -0.4 is 0 Å². The highest BCUT2D eigenvalue weighted by Gasteiger charge is 2.62. The lowest BCUT2D eigenvalue weighted by atomic mass is 9.67. The maximum atomic E-state index is 11.8. The molecule has 31 heavy (non-hydrogen) atoms. The van der Waals surface area contributed by atoms with Gasteiger partial charge in [-0.15, -0.1) is 0 Å². The molecule has 0 amide bonds. The van der Waals surface area contributed by atoms with Crippen molar-refractivity contribution in [2.45, 2.75) is 61.1 Å². The first kappa shape index (κ1) is 21.9. The number of ketones is 1. The van der Waals surface area contributed by atoms with Crippen LogP contribution in [0.1, 0.15) is 46.5 Å². The van der Waals surface area contributed by atoms with E-state index in [0.717, 1.165) is 19.3 Å². The number of Topliss-reactive ketones (excluding diaryl/α,β-unsaturated/α-hetero) is 1. The maximum Gasteiger partial charge on any atom is 0.166 e. The molecule has 3 aromatic rings. The molecule has 3 aromatic carbocycles. The Balaban J connectivity index is 0.000000166. The largest absolute Gasteiger partial charge is 0.299 e. The minimum absolute atomic E-state index is 0.0146. The fraction of sp³-hybridized carbons (Fsp3) is 0.345. The van der Waals surface area contributed by atoms with E-state index in [1.54, 1.807) is 0 Å². The average molecular weight is 430 g/mol. The van der Waals surface area contributed by atoms with Crippen LogP contribution in [0.3, 0.4) is 0 Å². The number of fused-ring (bicyclic) bond motifs is 2. The van der Waals surface area contributed by atoms with Gasteiger partial charge in [0.25, 0.3) is 0 Å². The number of carbonyl (C=O) groups excluding carboxylic acids is 1. The number of benzene rings is 3. The van der Waals surface area contributed by atoms with Crippen molar-refractivity contribution in [2.75, 3.05) is 0 Å². The van der Waals surface area contributed by atoms with Gasteiger partial charge < -0.3 is 0 Å². The predicted molar refractivity (Wildman–Crippen MR) is 130 cm³/mol. The molecule has 0 N–H and O–H groups in total. The fourth-order valence-electron chi connectivity index (χ4n) is 5.68. The Morgan fingerprint density at radius 3 is 1.45 bits per heavy atom. The summed E-state index contributed by atoms with van der Waals surface area (Å²) in [5, 5.41) is 0. The van der Waals surface area contributed by atoms with Crippen LogP contribution in [-0.4, -0.2) is 5.78 Å². The van der Waals surface area contributed by atoms with Gasteiger partial charge in [0, 0.05) is 11.8 Å². The molecule has 0 spiro atoms. The van der Waals surface area contributed by atoms with Crippen LogP contribution in [0.5, 0.6) is 0 Å². The van der Waals surface area contributed by atoms with Gasteiger partial charge in [-0.25, -0.2) is 0 Å². The molecule has 2 unspecified atom stereocenters. The summed E-state index contributed by atoms with van der Waals surface area (Å²) < 4.78 is 0. The Hall–Kier alpha value is -2.32. The van der Waals surface area contributed by atoms with E-state index >= 15 is 0 Å². The van der Waals surface area contributed by atoms with Crippen LogP contribution in [-0.2, 0) is 15.7 Å². The third-order valence-electron chi connectivity index (χ3n) is 7.68. The summed E-state index contributed by atoms with van der Waals surface area (Å²) in [5.74, 6) is 1.23. The quantitative estimate of drug-likeness (QED) is 0.391. The van der Waals surface area contributed by atoms with Crippen LogP contribution in [0.4, 0.5) is 0 Å². The second-order valence-electron chi connectivity index (χ2n) is 9.27. The van der Waals surface area contributed by atoms with Crippen LogP contribution in [0, 0.1) is 16.7 Å².